The van der Waals surface area contributed by atoms with Crippen LogP contribution < -0.4 is 10.2 Å². The highest BCUT2D eigenvalue weighted by molar-refractivity contribution is 5.95. The third-order valence-electron chi connectivity index (χ3n) is 4.07. The molecule has 2 rings (SSSR count). The fraction of sp³-hybridized carbons (Fsp3) is 0.588. The minimum Gasteiger partial charge on any atom is -0.314 e. The van der Waals surface area contributed by atoms with Gasteiger partial charge in [-0.3, -0.25) is 4.79 Å². The quantitative estimate of drug-likeness (QED) is 0.919. The Morgan fingerprint density at radius 1 is 1.30 bits per heavy atom. The van der Waals surface area contributed by atoms with E-state index >= 15 is 0 Å². The Hall–Kier alpha value is -1.35. The predicted octanol–water partition coefficient (Wildman–Crippen LogP) is 3.04. The van der Waals surface area contributed by atoms with Crippen LogP contribution in [0.3, 0.4) is 0 Å². The van der Waals surface area contributed by atoms with Gasteiger partial charge >= 0.3 is 0 Å². The number of benzene rings is 1. The maximum Gasteiger partial charge on any atom is 0.230 e. The van der Waals surface area contributed by atoms with Crippen LogP contribution in [0.25, 0.3) is 0 Å². The van der Waals surface area contributed by atoms with E-state index in [1.54, 1.807) is 0 Å². The number of carbonyl (C=O) groups excluding carboxylic acids is 1. The fourth-order valence-electron chi connectivity index (χ4n) is 3.15. The van der Waals surface area contributed by atoms with Gasteiger partial charge in [-0.2, -0.15) is 0 Å². The molecule has 1 heterocycles. The Labute approximate surface area is 122 Å². The number of nitrogens with one attached hydrogen (secondary N) is 1. The first-order chi connectivity index (χ1) is 9.51. The lowest BCUT2D eigenvalue weighted by Crippen LogP contribution is -2.44. The first-order valence-electron chi connectivity index (χ1n) is 7.64. The summed E-state index contributed by atoms with van der Waals surface area (Å²) in [6.45, 7) is 10.1. The number of hydrogen-bond donors (Lipinski definition) is 1. The van der Waals surface area contributed by atoms with Crippen LogP contribution in [0.15, 0.2) is 18.2 Å². The zero-order chi connectivity index (χ0) is 14.7. The van der Waals surface area contributed by atoms with Crippen molar-refractivity contribution in [2.24, 2.45) is 5.92 Å². The molecule has 2 atom stereocenters. The van der Waals surface area contributed by atoms with Crippen LogP contribution in [0.2, 0.25) is 0 Å². The van der Waals surface area contributed by atoms with Crippen LogP contribution >= 0.6 is 0 Å². The molecule has 0 saturated carbocycles. The molecule has 0 bridgehead atoms. The Morgan fingerprint density at radius 3 is 2.50 bits per heavy atom. The van der Waals surface area contributed by atoms with E-state index in [-0.39, 0.29) is 11.8 Å². The van der Waals surface area contributed by atoms with Crippen molar-refractivity contribution in [1.82, 2.24) is 5.32 Å². The van der Waals surface area contributed by atoms with Gasteiger partial charge in [0.2, 0.25) is 5.91 Å². The van der Waals surface area contributed by atoms with Gasteiger partial charge in [0.15, 0.2) is 0 Å². The van der Waals surface area contributed by atoms with Gasteiger partial charge in [-0.25, -0.2) is 0 Å². The first kappa shape index (κ1) is 15.0. The lowest BCUT2D eigenvalue weighted by atomic mass is 9.91. The maximum atomic E-state index is 12.8. The van der Waals surface area contributed by atoms with Gasteiger partial charge in [0, 0.05) is 24.2 Å². The molecule has 1 N–H and O–H groups in total. The Kier molecular flexibility index (Phi) is 4.81. The molecule has 0 aromatic heterocycles. The topological polar surface area (TPSA) is 32.3 Å². The van der Waals surface area contributed by atoms with Gasteiger partial charge in [0.05, 0.1) is 0 Å². The fourth-order valence-corrected chi connectivity index (χ4v) is 3.15. The number of carbonyl (C=O) groups is 1. The highest BCUT2D eigenvalue weighted by Crippen LogP contribution is 2.24. The summed E-state index contributed by atoms with van der Waals surface area (Å²) in [5, 5.41) is 3.41. The number of hydrogen-bond acceptors (Lipinski definition) is 2. The van der Waals surface area contributed by atoms with Gasteiger partial charge in [0.1, 0.15) is 0 Å². The minimum atomic E-state index is 0.159. The second-order valence-electron chi connectivity index (χ2n) is 6.00. The summed E-state index contributed by atoms with van der Waals surface area (Å²) >= 11 is 0. The van der Waals surface area contributed by atoms with Crippen molar-refractivity contribution in [2.45, 2.75) is 46.6 Å². The normalized spacial score (nSPS) is 22.6. The van der Waals surface area contributed by atoms with Crippen molar-refractivity contribution >= 4 is 11.6 Å². The van der Waals surface area contributed by atoms with E-state index in [1.807, 2.05) is 4.90 Å². The summed E-state index contributed by atoms with van der Waals surface area (Å²) in [5.74, 6) is 0.442. The van der Waals surface area contributed by atoms with Gasteiger partial charge in [-0.1, -0.05) is 6.07 Å². The lowest BCUT2D eigenvalue weighted by molar-refractivity contribution is -0.123. The SMILES string of the molecule is CCN(C(=O)[C@H]1CCN[C@@H](C)C1)c1cc(C)cc(C)c1. The molecule has 110 valence electrons. The molecule has 1 aromatic carbocycles. The zero-order valence-electron chi connectivity index (χ0n) is 13.1. The predicted molar refractivity (Wildman–Crippen MR) is 84.1 cm³/mol. The van der Waals surface area contributed by atoms with Crippen molar-refractivity contribution in [3.8, 4) is 0 Å². The van der Waals surface area contributed by atoms with Crippen LogP contribution in [0.1, 0.15) is 37.8 Å². The van der Waals surface area contributed by atoms with Crippen LogP contribution in [0.5, 0.6) is 0 Å². The molecule has 1 aliphatic rings. The van der Waals surface area contributed by atoms with Crippen LogP contribution in [0.4, 0.5) is 5.69 Å². The number of piperidine rings is 1. The third-order valence-corrected chi connectivity index (χ3v) is 4.07. The first-order valence-corrected chi connectivity index (χ1v) is 7.64. The molecule has 3 nitrogen and oxygen atoms in total. The van der Waals surface area contributed by atoms with Crippen molar-refractivity contribution in [2.75, 3.05) is 18.0 Å². The summed E-state index contributed by atoms with van der Waals surface area (Å²) < 4.78 is 0. The average Bonchev–Trinajstić information content (AvgIpc) is 2.38. The molecule has 20 heavy (non-hydrogen) atoms. The lowest BCUT2D eigenvalue weighted by Gasteiger charge is -2.32. The minimum absolute atomic E-state index is 0.159. The van der Waals surface area contributed by atoms with Crippen LogP contribution in [-0.2, 0) is 4.79 Å². The van der Waals surface area contributed by atoms with Gasteiger partial charge in [-0.15, -0.1) is 0 Å². The van der Waals surface area contributed by atoms with Crippen molar-refractivity contribution in [3.63, 3.8) is 0 Å². The Balaban J connectivity index is 2.20. The number of aryl methyl sites for hydroxylation is 2. The number of nitrogens with zero attached hydrogens (tertiary/aromatic N) is 1. The average molecular weight is 274 g/mol. The monoisotopic (exact) mass is 274 g/mol. The number of anilines is 1. The maximum absolute atomic E-state index is 12.8. The van der Waals surface area contributed by atoms with Crippen LogP contribution in [0, 0.1) is 19.8 Å². The van der Waals surface area contributed by atoms with E-state index in [0.29, 0.717) is 6.04 Å². The Bertz CT molecular complexity index is 464. The van der Waals surface area contributed by atoms with Crippen molar-refractivity contribution in [3.05, 3.63) is 29.3 Å². The molecular weight excluding hydrogens is 248 g/mol. The van der Waals surface area contributed by atoms with Gasteiger partial charge < -0.3 is 10.2 Å². The van der Waals surface area contributed by atoms with Crippen molar-refractivity contribution in [1.29, 1.82) is 0 Å². The molecule has 0 unspecified atom stereocenters. The summed E-state index contributed by atoms with van der Waals surface area (Å²) in [6, 6.07) is 6.81. The van der Waals surface area contributed by atoms with E-state index in [9.17, 15) is 4.79 Å². The third kappa shape index (κ3) is 3.40. The summed E-state index contributed by atoms with van der Waals surface area (Å²) in [4.78, 5) is 14.7. The van der Waals surface area contributed by atoms with Crippen molar-refractivity contribution < 1.29 is 4.79 Å². The molecule has 1 aromatic rings. The standard InChI is InChI=1S/C17H26N2O/c1-5-19(16-9-12(2)8-13(3)10-16)17(20)15-6-7-18-14(4)11-15/h8-10,14-15,18H,5-7,11H2,1-4H3/t14-,15-/m0/s1. The van der Waals surface area contributed by atoms with E-state index in [2.05, 4.69) is 51.2 Å². The molecule has 0 radical (unpaired) electrons. The van der Waals surface area contributed by atoms with E-state index in [1.165, 1.54) is 11.1 Å². The number of rotatable bonds is 3. The highest BCUT2D eigenvalue weighted by atomic mass is 16.2. The van der Waals surface area contributed by atoms with Gasteiger partial charge in [-0.05, 0) is 70.3 Å². The molecule has 1 aliphatic heterocycles. The van der Waals surface area contributed by atoms with E-state index < -0.39 is 0 Å². The second-order valence-corrected chi connectivity index (χ2v) is 6.00. The summed E-state index contributed by atoms with van der Waals surface area (Å²) in [7, 11) is 0. The Morgan fingerprint density at radius 2 is 1.95 bits per heavy atom. The molecule has 0 spiro atoms. The molecule has 1 saturated heterocycles. The molecule has 1 fully saturated rings. The van der Waals surface area contributed by atoms with E-state index in [4.69, 9.17) is 0 Å². The largest absolute Gasteiger partial charge is 0.314 e. The van der Waals surface area contributed by atoms with E-state index in [0.717, 1.165) is 31.6 Å². The summed E-state index contributed by atoms with van der Waals surface area (Å²) in [5.41, 5.74) is 3.47. The van der Waals surface area contributed by atoms with Gasteiger partial charge in [0.25, 0.3) is 0 Å². The zero-order valence-corrected chi connectivity index (χ0v) is 13.1. The molecule has 1 amide bonds. The molecule has 3 heteroatoms. The second kappa shape index (κ2) is 6.40. The molecule has 0 aliphatic carbocycles. The highest BCUT2D eigenvalue weighted by Gasteiger charge is 2.28. The molecular formula is C17H26N2O. The van der Waals surface area contributed by atoms with Crippen LogP contribution in [-0.4, -0.2) is 25.0 Å². The summed E-state index contributed by atoms with van der Waals surface area (Å²) in [6.07, 6.45) is 1.89. The smallest absolute Gasteiger partial charge is 0.230 e. The number of amides is 1.